The van der Waals surface area contributed by atoms with Crippen LogP contribution in [0, 0.1) is 25.2 Å². The standard InChI is InChI=1S/C15H17N3O/c1-4-18-9-14(8-17-18)10-19-15-11(2)5-13(7-16)6-12(15)3/h5-6,8-9H,4,10H2,1-3H3. The highest BCUT2D eigenvalue weighted by Crippen LogP contribution is 2.25. The van der Waals surface area contributed by atoms with Gasteiger partial charge in [0.1, 0.15) is 12.4 Å². The van der Waals surface area contributed by atoms with Crippen molar-refractivity contribution in [1.29, 1.82) is 5.26 Å². The second-order valence-corrected chi connectivity index (χ2v) is 4.54. The number of nitriles is 1. The van der Waals surface area contributed by atoms with E-state index in [2.05, 4.69) is 11.2 Å². The van der Waals surface area contributed by atoms with E-state index in [1.807, 2.05) is 50.0 Å². The van der Waals surface area contributed by atoms with Gasteiger partial charge in [-0.15, -0.1) is 0 Å². The van der Waals surface area contributed by atoms with Gasteiger partial charge < -0.3 is 4.74 Å². The van der Waals surface area contributed by atoms with E-state index in [1.54, 1.807) is 0 Å². The lowest BCUT2D eigenvalue weighted by Gasteiger charge is -2.11. The molecule has 0 saturated heterocycles. The van der Waals surface area contributed by atoms with Crippen LogP contribution in [-0.2, 0) is 13.2 Å². The highest BCUT2D eigenvalue weighted by Gasteiger charge is 2.07. The van der Waals surface area contributed by atoms with Crippen molar-refractivity contribution in [3.8, 4) is 11.8 Å². The van der Waals surface area contributed by atoms with E-state index < -0.39 is 0 Å². The van der Waals surface area contributed by atoms with Crippen LogP contribution in [0.1, 0.15) is 29.2 Å². The Labute approximate surface area is 113 Å². The normalized spacial score (nSPS) is 10.2. The molecule has 2 aromatic rings. The average Bonchev–Trinajstić information content (AvgIpc) is 2.85. The van der Waals surface area contributed by atoms with E-state index in [4.69, 9.17) is 10.00 Å². The van der Waals surface area contributed by atoms with Crippen LogP contribution in [0.5, 0.6) is 5.75 Å². The Morgan fingerprint density at radius 2 is 2.00 bits per heavy atom. The molecule has 0 aliphatic rings. The molecule has 0 aliphatic heterocycles. The van der Waals surface area contributed by atoms with Gasteiger partial charge in [0.25, 0.3) is 0 Å². The number of nitrogens with zero attached hydrogens (tertiary/aromatic N) is 3. The van der Waals surface area contributed by atoms with E-state index in [0.29, 0.717) is 12.2 Å². The lowest BCUT2D eigenvalue weighted by Crippen LogP contribution is -1.99. The molecule has 0 aliphatic carbocycles. The zero-order chi connectivity index (χ0) is 13.8. The van der Waals surface area contributed by atoms with E-state index in [9.17, 15) is 0 Å². The van der Waals surface area contributed by atoms with Crippen LogP contribution < -0.4 is 4.74 Å². The number of aromatic nitrogens is 2. The van der Waals surface area contributed by atoms with Crippen LogP contribution in [0.25, 0.3) is 0 Å². The minimum absolute atomic E-state index is 0.494. The van der Waals surface area contributed by atoms with Gasteiger partial charge in [0.2, 0.25) is 0 Å². The second kappa shape index (κ2) is 5.57. The maximum atomic E-state index is 8.91. The van der Waals surface area contributed by atoms with E-state index >= 15 is 0 Å². The fourth-order valence-electron chi connectivity index (χ4n) is 2.05. The van der Waals surface area contributed by atoms with E-state index in [1.165, 1.54) is 0 Å². The molecule has 1 aromatic heterocycles. The summed E-state index contributed by atoms with van der Waals surface area (Å²) in [6.45, 7) is 7.31. The Bertz CT molecular complexity index is 600. The molecule has 4 nitrogen and oxygen atoms in total. The smallest absolute Gasteiger partial charge is 0.125 e. The molecular formula is C15H17N3O. The molecule has 0 fully saturated rings. The number of hydrogen-bond donors (Lipinski definition) is 0. The van der Waals surface area contributed by atoms with Gasteiger partial charge in [-0.3, -0.25) is 4.68 Å². The summed E-state index contributed by atoms with van der Waals surface area (Å²) in [6, 6.07) is 5.84. The molecule has 0 bridgehead atoms. The molecule has 1 heterocycles. The summed E-state index contributed by atoms with van der Waals surface area (Å²) in [6.07, 6.45) is 3.80. The molecule has 0 atom stereocenters. The molecule has 2 rings (SSSR count). The van der Waals surface area contributed by atoms with Crippen LogP contribution in [0.15, 0.2) is 24.5 Å². The maximum Gasteiger partial charge on any atom is 0.125 e. The summed E-state index contributed by atoms with van der Waals surface area (Å²) in [5.41, 5.74) is 3.69. The lowest BCUT2D eigenvalue weighted by atomic mass is 10.1. The number of benzene rings is 1. The Kier molecular flexibility index (Phi) is 3.86. The fourth-order valence-corrected chi connectivity index (χ4v) is 2.05. The Hall–Kier alpha value is -2.28. The molecule has 0 radical (unpaired) electrons. The van der Waals surface area contributed by atoms with Gasteiger partial charge in [0, 0.05) is 18.3 Å². The third-order valence-electron chi connectivity index (χ3n) is 2.98. The van der Waals surface area contributed by atoms with Crippen LogP contribution >= 0.6 is 0 Å². The van der Waals surface area contributed by atoms with Crippen molar-refractivity contribution in [3.63, 3.8) is 0 Å². The van der Waals surface area contributed by atoms with Gasteiger partial charge >= 0.3 is 0 Å². The van der Waals surface area contributed by atoms with E-state index in [0.717, 1.165) is 29.0 Å². The number of aryl methyl sites for hydroxylation is 3. The average molecular weight is 255 g/mol. The molecule has 0 spiro atoms. The third-order valence-corrected chi connectivity index (χ3v) is 2.98. The first-order valence-corrected chi connectivity index (χ1v) is 6.29. The minimum atomic E-state index is 0.494. The molecule has 1 aromatic carbocycles. The molecule has 0 saturated carbocycles. The molecular weight excluding hydrogens is 238 g/mol. The number of hydrogen-bond acceptors (Lipinski definition) is 3. The van der Waals surface area contributed by atoms with Gasteiger partial charge in [-0.05, 0) is 44.0 Å². The van der Waals surface area contributed by atoms with Crippen molar-refractivity contribution in [2.45, 2.75) is 33.9 Å². The zero-order valence-electron chi connectivity index (χ0n) is 11.5. The topological polar surface area (TPSA) is 50.8 Å². The molecule has 98 valence electrons. The molecule has 0 unspecified atom stereocenters. The van der Waals surface area contributed by atoms with Gasteiger partial charge in [0.15, 0.2) is 0 Å². The first-order chi connectivity index (χ1) is 9.13. The second-order valence-electron chi connectivity index (χ2n) is 4.54. The Morgan fingerprint density at radius 3 is 2.53 bits per heavy atom. The van der Waals surface area contributed by atoms with Crippen molar-refractivity contribution in [2.75, 3.05) is 0 Å². The number of ether oxygens (including phenoxy) is 1. The minimum Gasteiger partial charge on any atom is -0.488 e. The summed E-state index contributed by atoms with van der Waals surface area (Å²) in [5.74, 6) is 0.850. The summed E-state index contributed by atoms with van der Waals surface area (Å²) in [7, 11) is 0. The monoisotopic (exact) mass is 255 g/mol. The summed E-state index contributed by atoms with van der Waals surface area (Å²) < 4.78 is 7.72. The lowest BCUT2D eigenvalue weighted by molar-refractivity contribution is 0.302. The molecule has 4 heteroatoms. The Balaban J connectivity index is 2.13. The molecule has 0 amide bonds. The van der Waals surface area contributed by atoms with Gasteiger partial charge in [-0.2, -0.15) is 10.4 Å². The quantitative estimate of drug-likeness (QED) is 0.844. The first-order valence-electron chi connectivity index (χ1n) is 6.29. The highest BCUT2D eigenvalue weighted by atomic mass is 16.5. The van der Waals surface area contributed by atoms with Crippen LogP contribution in [0.3, 0.4) is 0 Å². The van der Waals surface area contributed by atoms with Crippen LogP contribution in [0.2, 0.25) is 0 Å². The van der Waals surface area contributed by atoms with Crippen molar-refractivity contribution in [3.05, 3.63) is 46.8 Å². The SMILES string of the molecule is CCn1cc(COc2c(C)cc(C#N)cc2C)cn1. The van der Waals surface area contributed by atoms with Crippen molar-refractivity contribution < 1.29 is 4.74 Å². The highest BCUT2D eigenvalue weighted by molar-refractivity contribution is 5.47. The number of rotatable bonds is 4. The van der Waals surface area contributed by atoms with Crippen LogP contribution in [0.4, 0.5) is 0 Å². The zero-order valence-corrected chi connectivity index (χ0v) is 11.5. The first kappa shape index (κ1) is 13.2. The van der Waals surface area contributed by atoms with E-state index in [-0.39, 0.29) is 0 Å². The molecule has 0 N–H and O–H groups in total. The van der Waals surface area contributed by atoms with Crippen molar-refractivity contribution >= 4 is 0 Å². The summed E-state index contributed by atoms with van der Waals surface area (Å²) in [5, 5.41) is 13.1. The summed E-state index contributed by atoms with van der Waals surface area (Å²) >= 11 is 0. The van der Waals surface area contributed by atoms with Crippen LogP contribution in [-0.4, -0.2) is 9.78 Å². The Morgan fingerprint density at radius 1 is 1.32 bits per heavy atom. The predicted octanol–water partition coefficient (Wildman–Crippen LogP) is 2.97. The van der Waals surface area contributed by atoms with Crippen molar-refractivity contribution in [2.24, 2.45) is 0 Å². The summed E-state index contributed by atoms with van der Waals surface area (Å²) in [4.78, 5) is 0. The van der Waals surface area contributed by atoms with Crippen molar-refractivity contribution in [1.82, 2.24) is 9.78 Å². The largest absolute Gasteiger partial charge is 0.488 e. The van der Waals surface area contributed by atoms with Gasteiger partial charge in [0.05, 0.1) is 17.8 Å². The van der Waals surface area contributed by atoms with Gasteiger partial charge in [-0.1, -0.05) is 0 Å². The predicted molar refractivity (Wildman–Crippen MR) is 72.9 cm³/mol. The van der Waals surface area contributed by atoms with Gasteiger partial charge in [-0.25, -0.2) is 0 Å². The maximum absolute atomic E-state index is 8.91. The molecule has 19 heavy (non-hydrogen) atoms. The third kappa shape index (κ3) is 2.94. The fraction of sp³-hybridized carbons (Fsp3) is 0.333.